The van der Waals surface area contributed by atoms with Crippen LogP contribution in [0.15, 0.2) is 48.6 Å². The Morgan fingerprint density at radius 1 is 1.03 bits per heavy atom. The second-order valence-electron chi connectivity index (χ2n) is 9.62. The fraction of sp³-hybridized carbons (Fsp3) is 0.607. The van der Waals surface area contributed by atoms with Gasteiger partial charge in [0.1, 0.15) is 5.60 Å². The summed E-state index contributed by atoms with van der Waals surface area (Å²) in [7, 11) is 0. The normalized spacial score (nSPS) is 27.2. The molecule has 0 aromatic heterocycles. The highest BCUT2D eigenvalue weighted by Gasteiger charge is 2.38. The first-order chi connectivity index (χ1) is 15.9. The van der Waals surface area contributed by atoms with Crippen LogP contribution >= 0.6 is 0 Å². The number of carboxylic acid groups (broad SMARTS) is 1. The molecule has 2 aliphatic carbocycles. The van der Waals surface area contributed by atoms with E-state index >= 15 is 0 Å². The molecular formula is C28H38F2O3. The van der Waals surface area contributed by atoms with Gasteiger partial charge in [0.15, 0.2) is 0 Å². The van der Waals surface area contributed by atoms with Gasteiger partial charge in [-0.2, -0.15) is 8.78 Å². The summed E-state index contributed by atoms with van der Waals surface area (Å²) in [6.45, 7) is -0.729. The van der Waals surface area contributed by atoms with Crippen LogP contribution in [0.4, 0.5) is 8.78 Å². The zero-order valence-electron chi connectivity index (χ0n) is 19.7. The number of halogens is 2. The zero-order chi connectivity index (χ0) is 23.7. The van der Waals surface area contributed by atoms with Gasteiger partial charge >= 0.3 is 12.6 Å². The molecule has 1 fully saturated rings. The third-order valence-corrected chi connectivity index (χ3v) is 7.31. The van der Waals surface area contributed by atoms with Crippen LogP contribution < -0.4 is 0 Å². The Morgan fingerprint density at radius 2 is 1.67 bits per heavy atom. The number of unbranched alkanes of at least 4 members (excludes halogenated alkanes) is 5. The molecule has 0 bridgehead atoms. The Hall–Kier alpha value is -2.01. The number of hydrogen-bond donors (Lipinski definition) is 1. The first-order valence-electron chi connectivity index (χ1n) is 12.6. The summed E-state index contributed by atoms with van der Waals surface area (Å²) >= 11 is 0. The summed E-state index contributed by atoms with van der Waals surface area (Å²) in [4.78, 5) is 11.3. The molecule has 0 radical (unpaired) electrons. The lowest BCUT2D eigenvalue weighted by molar-refractivity contribution is -0.180. The zero-order valence-corrected chi connectivity index (χ0v) is 19.7. The largest absolute Gasteiger partial charge is 0.481 e. The summed E-state index contributed by atoms with van der Waals surface area (Å²) in [6.07, 6.45) is 19.5. The van der Waals surface area contributed by atoms with Crippen molar-refractivity contribution in [3.8, 4) is 0 Å². The average Bonchev–Trinajstić information content (AvgIpc) is 2.81. The lowest BCUT2D eigenvalue weighted by Crippen LogP contribution is -2.32. The highest BCUT2D eigenvalue weighted by atomic mass is 19.3. The van der Waals surface area contributed by atoms with Crippen LogP contribution in [0.2, 0.25) is 0 Å². The number of alkyl halides is 2. The molecule has 0 amide bonds. The van der Waals surface area contributed by atoms with E-state index in [4.69, 9.17) is 4.74 Å². The summed E-state index contributed by atoms with van der Waals surface area (Å²) in [5.74, 6) is -0.773. The quantitative estimate of drug-likeness (QED) is 0.254. The predicted octanol–water partition coefficient (Wildman–Crippen LogP) is 7.97. The van der Waals surface area contributed by atoms with Crippen molar-refractivity contribution in [2.24, 2.45) is 11.8 Å². The van der Waals surface area contributed by atoms with Gasteiger partial charge in [0.2, 0.25) is 0 Å². The molecule has 3 nitrogen and oxygen atoms in total. The van der Waals surface area contributed by atoms with Gasteiger partial charge in [0.05, 0.1) is 5.92 Å². The highest BCUT2D eigenvalue weighted by Crippen LogP contribution is 2.44. The number of aliphatic carboxylic acids is 1. The van der Waals surface area contributed by atoms with Crippen LogP contribution in [0, 0.1) is 11.8 Å². The van der Waals surface area contributed by atoms with Crippen LogP contribution in [0.25, 0.3) is 0 Å². The number of hydrogen-bond acceptors (Lipinski definition) is 2. The second-order valence-corrected chi connectivity index (χ2v) is 9.62. The van der Waals surface area contributed by atoms with Crippen molar-refractivity contribution in [2.75, 3.05) is 0 Å². The molecule has 1 aromatic carbocycles. The summed E-state index contributed by atoms with van der Waals surface area (Å²) in [5, 5.41) is 9.27. The molecule has 0 heterocycles. The van der Waals surface area contributed by atoms with E-state index in [1.54, 1.807) is 0 Å². The van der Waals surface area contributed by atoms with E-state index in [1.807, 2.05) is 24.3 Å². The van der Waals surface area contributed by atoms with Crippen LogP contribution in [0.5, 0.6) is 0 Å². The van der Waals surface area contributed by atoms with Crippen LogP contribution in [-0.4, -0.2) is 17.7 Å². The molecule has 0 unspecified atom stereocenters. The Bertz CT molecular complexity index is 795. The number of benzene rings is 1. The Kier molecular flexibility index (Phi) is 9.66. The minimum Gasteiger partial charge on any atom is -0.481 e. The first-order valence-corrected chi connectivity index (χ1v) is 12.6. The van der Waals surface area contributed by atoms with Gasteiger partial charge in [0, 0.05) is 0 Å². The maximum absolute atomic E-state index is 13.4. The van der Waals surface area contributed by atoms with E-state index in [0.29, 0.717) is 11.5 Å². The maximum Gasteiger partial charge on any atom is 0.346 e. The molecule has 33 heavy (non-hydrogen) atoms. The molecule has 0 atom stereocenters. The number of rotatable bonds is 12. The fourth-order valence-electron chi connectivity index (χ4n) is 5.43. The van der Waals surface area contributed by atoms with Crippen molar-refractivity contribution in [3.63, 3.8) is 0 Å². The Labute approximate surface area is 196 Å². The predicted molar refractivity (Wildman–Crippen MR) is 127 cm³/mol. The van der Waals surface area contributed by atoms with Gasteiger partial charge in [-0.05, 0) is 60.8 Å². The Morgan fingerprint density at radius 3 is 2.30 bits per heavy atom. The van der Waals surface area contributed by atoms with Crippen LogP contribution in [0.1, 0.15) is 94.6 Å². The molecular weight excluding hydrogens is 422 g/mol. The van der Waals surface area contributed by atoms with E-state index in [2.05, 4.69) is 6.92 Å². The average molecular weight is 461 g/mol. The smallest absolute Gasteiger partial charge is 0.346 e. The standard InChI is InChI=1S/C28H38F2O3/c1-2-3-4-5-6-7-10-21-13-15-22(16-14-21)24-11-8-9-12-25(24)28(33-27(29)30)19-17-23(18-20-28)26(31)32/h8-9,11-12,17-23,27H,2-7,10,13-16H2,1H3,(H,31,32). The van der Waals surface area contributed by atoms with Gasteiger partial charge in [-0.25, -0.2) is 0 Å². The fourth-order valence-corrected chi connectivity index (χ4v) is 5.43. The van der Waals surface area contributed by atoms with Crippen molar-refractivity contribution in [1.29, 1.82) is 0 Å². The van der Waals surface area contributed by atoms with E-state index in [0.717, 1.165) is 24.3 Å². The first kappa shape index (κ1) is 25.6. The van der Waals surface area contributed by atoms with Crippen LogP contribution in [-0.2, 0) is 15.1 Å². The topological polar surface area (TPSA) is 46.5 Å². The molecule has 1 saturated carbocycles. The lowest BCUT2D eigenvalue weighted by atomic mass is 9.73. The molecule has 1 aromatic rings. The van der Waals surface area contributed by atoms with E-state index in [9.17, 15) is 18.7 Å². The van der Waals surface area contributed by atoms with Crippen molar-refractivity contribution in [3.05, 3.63) is 59.7 Å². The van der Waals surface area contributed by atoms with Gasteiger partial charge in [0.25, 0.3) is 0 Å². The van der Waals surface area contributed by atoms with Crippen molar-refractivity contribution < 1.29 is 23.4 Å². The van der Waals surface area contributed by atoms with Crippen LogP contribution in [0.3, 0.4) is 0 Å². The van der Waals surface area contributed by atoms with E-state index < -0.39 is 24.1 Å². The molecule has 1 N–H and O–H groups in total. The van der Waals surface area contributed by atoms with Crippen molar-refractivity contribution >= 4 is 5.97 Å². The van der Waals surface area contributed by atoms with E-state index in [-0.39, 0.29) is 0 Å². The summed E-state index contributed by atoms with van der Waals surface area (Å²) in [6, 6.07) is 7.66. The SMILES string of the molecule is CCCCCCCCC1CCC(c2ccccc2C2(OC(F)F)C=CC(C(=O)O)C=C2)CC1. The molecule has 3 rings (SSSR count). The minimum atomic E-state index is -2.97. The third-order valence-electron chi connectivity index (χ3n) is 7.31. The third kappa shape index (κ3) is 6.99. The van der Waals surface area contributed by atoms with Crippen molar-refractivity contribution in [1.82, 2.24) is 0 Å². The molecule has 0 spiro atoms. The van der Waals surface area contributed by atoms with Gasteiger partial charge in [-0.15, -0.1) is 0 Å². The lowest BCUT2D eigenvalue weighted by Gasteiger charge is -2.36. The molecule has 182 valence electrons. The second kappa shape index (κ2) is 12.5. The molecule has 2 aliphatic rings. The highest BCUT2D eigenvalue weighted by molar-refractivity contribution is 5.75. The van der Waals surface area contributed by atoms with E-state index in [1.165, 1.54) is 82.1 Å². The number of carboxylic acids is 1. The summed E-state index contributed by atoms with van der Waals surface area (Å²) < 4.78 is 32.0. The number of ether oxygens (including phenoxy) is 1. The monoisotopic (exact) mass is 460 g/mol. The van der Waals surface area contributed by atoms with Crippen molar-refractivity contribution in [2.45, 2.75) is 95.7 Å². The Balaban J connectivity index is 1.67. The van der Waals surface area contributed by atoms with Gasteiger partial charge in [-0.1, -0.05) is 88.3 Å². The molecule has 5 heteroatoms. The van der Waals surface area contributed by atoms with Gasteiger partial charge in [-0.3, -0.25) is 4.79 Å². The summed E-state index contributed by atoms with van der Waals surface area (Å²) in [5.41, 5.74) is 0.298. The molecule has 0 saturated heterocycles. The minimum absolute atomic E-state index is 0.305. The molecule has 0 aliphatic heterocycles. The number of carbonyl (C=O) groups is 1. The van der Waals surface area contributed by atoms with Gasteiger partial charge < -0.3 is 9.84 Å². The maximum atomic E-state index is 13.4.